The number of nitrogens with zero attached hydrogens (tertiary/aromatic N) is 2. The van der Waals surface area contributed by atoms with Crippen molar-refractivity contribution in [3.63, 3.8) is 0 Å². The Morgan fingerprint density at radius 1 is 1.30 bits per heavy atom. The van der Waals surface area contributed by atoms with Gasteiger partial charge in [-0.2, -0.15) is 0 Å². The zero-order valence-corrected chi connectivity index (χ0v) is 12.3. The molecule has 2 fully saturated rings. The largest absolute Gasteiger partial charge is 0.409 e. The number of piperidine rings is 1. The van der Waals surface area contributed by atoms with Crippen molar-refractivity contribution < 1.29 is 10.0 Å². The van der Waals surface area contributed by atoms with Gasteiger partial charge in [0.1, 0.15) is 5.41 Å². The minimum Gasteiger partial charge on any atom is -0.409 e. The second kappa shape index (κ2) is 6.43. The third-order valence-corrected chi connectivity index (χ3v) is 4.79. The number of hydrogen-bond acceptors (Lipinski definition) is 4. The van der Waals surface area contributed by atoms with E-state index in [1.807, 2.05) is 0 Å². The summed E-state index contributed by atoms with van der Waals surface area (Å²) in [6.45, 7) is 2.00. The molecule has 6 heteroatoms. The van der Waals surface area contributed by atoms with Crippen molar-refractivity contribution >= 4 is 11.7 Å². The maximum Gasteiger partial charge on any atom is 0.234 e. The second-order valence-electron chi connectivity index (χ2n) is 6.18. The third kappa shape index (κ3) is 3.06. The SMILES string of the molecule is CN1CCC(NC(=O)C2(C(N)=NO)CCCCC2)CC1. The van der Waals surface area contributed by atoms with Crippen LogP contribution in [0.2, 0.25) is 0 Å². The Labute approximate surface area is 120 Å². The van der Waals surface area contributed by atoms with Crippen molar-refractivity contribution in [1.29, 1.82) is 0 Å². The van der Waals surface area contributed by atoms with Crippen LogP contribution in [-0.4, -0.2) is 48.0 Å². The van der Waals surface area contributed by atoms with Crippen molar-refractivity contribution in [3.8, 4) is 0 Å². The fraction of sp³-hybridized carbons (Fsp3) is 0.857. The van der Waals surface area contributed by atoms with E-state index in [2.05, 4.69) is 22.4 Å². The summed E-state index contributed by atoms with van der Waals surface area (Å²) >= 11 is 0. The van der Waals surface area contributed by atoms with E-state index in [1.54, 1.807) is 0 Å². The molecular formula is C14H26N4O2. The number of carbonyl (C=O) groups is 1. The van der Waals surface area contributed by atoms with E-state index in [1.165, 1.54) is 0 Å². The van der Waals surface area contributed by atoms with Crippen LogP contribution in [0.15, 0.2) is 5.16 Å². The molecule has 0 aromatic rings. The molecule has 1 saturated carbocycles. The molecule has 0 bridgehead atoms. The van der Waals surface area contributed by atoms with E-state index in [9.17, 15) is 4.79 Å². The first-order valence-corrected chi connectivity index (χ1v) is 7.56. The molecule has 20 heavy (non-hydrogen) atoms. The second-order valence-corrected chi connectivity index (χ2v) is 6.18. The van der Waals surface area contributed by atoms with Crippen LogP contribution >= 0.6 is 0 Å². The maximum absolute atomic E-state index is 12.7. The summed E-state index contributed by atoms with van der Waals surface area (Å²) < 4.78 is 0. The quantitative estimate of drug-likeness (QED) is 0.310. The van der Waals surface area contributed by atoms with Gasteiger partial charge < -0.3 is 21.2 Å². The average molecular weight is 282 g/mol. The molecule has 0 atom stereocenters. The van der Waals surface area contributed by atoms with Crippen LogP contribution in [0.25, 0.3) is 0 Å². The zero-order valence-electron chi connectivity index (χ0n) is 12.3. The first kappa shape index (κ1) is 15.1. The smallest absolute Gasteiger partial charge is 0.234 e. The topological polar surface area (TPSA) is 91.0 Å². The highest BCUT2D eigenvalue weighted by Crippen LogP contribution is 2.37. The molecule has 0 aromatic carbocycles. The van der Waals surface area contributed by atoms with Crippen molar-refractivity contribution in [2.45, 2.75) is 51.0 Å². The third-order valence-electron chi connectivity index (χ3n) is 4.79. The van der Waals surface area contributed by atoms with Gasteiger partial charge in [0.25, 0.3) is 0 Å². The number of amides is 1. The van der Waals surface area contributed by atoms with Crippen molar-refractivity contribution in [2.75, 3.05) is 20.1 Å². The molecule has 2 rings (SSSR count). The van der Waals surface area contributed by atoms with Crippen LogP contribution in [0, 0.1) is 5.41 Å². The molecule has 4 N–H and O–H groups in total. The molecule has 1 amide bonds. The molecule has 1 heterocycles. The highest BCUT2D eigenvalue weighted by molar-refractivity contribution is 6.06. The van der Waals surface area contributed by atoms with E-state index < -0.39 is 5.41 Å². The van der Waals surface area contributed by atoms with Crippen LogP contribution in [0.1, 0.15) is 44.9 Å². The van der Waals surface area contributed by atoms with E-state index in [0.717, 1.165) is 45.2 Å². The molecule has 1 aliphatic carbocycles. The predicted molar refractivity (Wildman–Crippen MR) is 77.6 cm³/mol. The Bertz CT molecular complexity index is 369. The first-order chi connectivity index (χ1) is 9.58. The van der Waals surface area contributed by atoms with Gasteiger partial charge in [0.15, 0.2) is 5.84 Å². The Morgan fingerprint density at radius 3 is 2.45 bits per heavy atom. The maximum atomic E-state index is 12.7. The molecule has 0 radical (unpaired) electrons. The fourth-order valence-corrected chi connectivity index (χ4v) is 3.33. The summed E-state index contributed by atoms with van der Waals surface area (Å²) in [6.07, 6.45) is 6.32. The van der Waals surface area contributed by atoms with Gasteiger partial charge in [0.05, 0.1) is 0 Å². The number of nitrogens with one attached hydrogen (secondary N) is 1. The molecule has 114 valence electrons. The van der Waals surface area contributed by atoms with Crippen molar-refractivity contribution in [1.82, 2.24) is 10.2 Å². The Kier molecular flexibility index (Phi) is 4.86. The number of rotatable bonds is 3. The lowest BCUT2D eigenvalue weighted by Crippen LogP contribution is -2.54. The molecule has 1 saturated heterocycles. The molecule has 6 nitrogen and oxygen atoms in total. The van der Waals surface area contributed by atoms with Gasteiger partial charge in [-0.25, -0.2) is 0 Å². The molecule has 1 aliphatic heterocycles. The summed E-state index contributed by atoms with van der Waals surface area (Å²) in [5.41, 5.74) is 5.05. The summed E-state index contributed by atoms with van der Waals surface area (Å²) in [5, 5.41) is 15.3. The minimum absolute atomic E-state index is 0.0537. The van der Waals surface area contributed by atoms with Gasteiger partial charge in [0.2, 0.25) is 5.91 Å². The lowest BCUT2D eigenvalue weighted by Gasteiger charge is -2.37. The van der Waals surface area contributed by atoms with E-state index in [4.69, 9.17) is 10.9 Å². The van der Waals surface area contributed by atoms with Gasteiger partial charge in [-0.3, -0.25) is 4.79 Å². The molecule has 0 aromatic heterocycles. The van der Waals surface area contributed by atoms with Crippen molar-refractivity contribution in [2.24, 2.45) is 16.3 Å². The summed E-state index contributed by atoms with van der Waals surface area (Å²) in [4.78, 5) is 14.9. The van der Waals surface area contributed by atoms with Gasteiger partial charge in [-0.05, 0) is 45.8 Å². The zero-order chi connectivity index (χ0) is 14.6. The minimum atomic E-state index is -0.795. The van der Waals surface area contributed by atoms with E-state index in [0.29, 0.717) is 12.8 Å². The number of hydrogen-bond donors (Lipinski definition) is 3. The average Bonchev–Trinajstić information content (AvgIpc) is 2.49. The number of likely N-dealkylation sites (tertiary alicyclic amines) is 1. The number of nitrogens with two attached hydrogens (primary N) is 1. The number of amidine groups is 1. The van der Waals surface area contributed by atoms with Crippen LogP contribution < -0.4 is 11.1 Å². The summed E-state index contributed by atoms with van der Waals surface area (Å²) in [7, 11) is 2.09. The predicted octanol–water partition coefficient (Wildman–Crippen LogP) is 0.894. The van der Waals surface area contributed by atoms with Crippen LogP contribution in [0.5, 0.6) is 0 Å². The Balaban J connectivity index is 2.03. The lowest BCUT2D eigenvalue weighted by atomic mass is 9.72. The first-order valence-electron chi connectivity index (χ1n) is 7.56. The van der Waals surface area contributed by atoms with Gasteiger partial charge in [-0.1, -0.05) is 24.4 Å². The monoisotopic (exact) mass is 282 g/mol. The molecular weight excluding hydrogens is 256 g/mol. The lowest BCUT2D eigenvalue weighted by molar-refractivity contribution is -0.130. The van der Waals surface area contributed by atoms with Crippen LogP contribution in [-0.2, 0) is 4.79 Å². The standard InChI is InChI=1S/C14H26N4O2/c1-18-9-5-11(6-10-18)16-13(19)14(12(15)17-20)7-3-2-4-8-14/h11,20H,2-10H2,1H3,(H2,15,17)(H,16,19). The van der Waals surface area contributed by atoms with Crippen LogP contribution in [0.3, 0.4) is 0 Å². The van der Waals surface area contributed by atoms with Gasteiger partial charge in [-0.15, -0.1) is 0 Å². The van der Waals surface area contributed by atoms with Crippen LogP contribution in [0.4, 0.5) is 0 Å². The highest BCUT2D eigenvalue weighted by Gasteiger charge is 2.44. The number of carbonyl (C=O) groups excluding carboxylic acids is 1. The summed E-state index contributed by atoms with van der Waals surface area (Å²) in [6, 6.07) is 0.212. The molecule has 0 unspecified atom stereocenters. The highest BCUT2D eigenvalue weighted by atomic mass is 16.4. The molecule has 0 spiro atoms. The van der Waals surface area contributed by atoms with Gasteiger partial charge >= 0.3 is 0 Å². The molecule has 2 aliphatic rings. The van der Waals surface area contributed by atoms with E-state index in [-0.39, 0.29) is 17.8 Å². The Hall–Kier alpha value is -1.30. The van der Waals surface area contributed by atoms with Crippen molar-refractivity contribution in [3.05, 3.63) is 0 Å². The fourth-order valence-electron chi connectivity index (χ4n) is 3.33. The van der Waals surface area contributed by atoms with Gasteiger partial charge in [0, 0.05) is 6.04 Å². The number of oxime groups is 1. The summed E-state index contributed by atoms with van der Waals surface area (Å²) in [5.74, 6) is 0.0182. The van der Waals surface area contributed by atoms with E-state index >= 15 is 0 Å². The Morgan fingerprint density at radius 2 is 1.90 bits per heavy atom. The normalized spacial score (nSPS) is 25.4.